The van der Waals surface area contributed by atoms with Crippen LogP contribution in [0.5, 0.6) is 0 Å². The Morgan fingerprint density at radius 2 is 2.00 bits per heavy atom. The molecule has 1 aliphatic rings. The lowest BCUT2D eigenvalue weighted by Gasteiger charge is -2.33. The summed E-state index contributed by atoms with van der Waals surface area (Å²) in [5.74, 6) is -1.13. The molecule has 6 nitrogen and oxygen atoms in total. The second-order valence-corrected chi connectivity index (χ2v) is 5.75. The van der Waals surface area contributed by atoms with E-state index in [0.29, 0.717) is 25.1 Å². The van der Waals surface area contributed by atoms with Gasteiger partial charge in [-0.1, -0.05) is 12.1 Å². The van der Waals surface area contributed by atoms with Crippen molar-refractivity contribution in [1.82, 2.24) is 14.7 Å². The minimum absolute atomic E-state index is 0.206. The van der Waals surface area contributed by atoms with E-state index in [4.69, 9.17) is 0 Å². The number of aliphatic carboxylic acids is 1. The SMILES string of the molecule is O=C(O)C1CCCCN1C(=O)c1ccc(Cn2cccn2)cc1. The van der Waals surface area contributed by atoms with Gasteiger partial charge in [0.1, 0.15) is 6.04 Å². The number of carbonyl (C=O) groups excluding carboxylic acids is 1. The number of benzene rings is 1. The maximum Gasteiger partial charge on any atom is 0.326 e. The summed E-state index contributed by atoms with van der Waals surface area (Å²) in [6.45, 7) is 1.15. The first-order valence-corrected chi connectivity index (χ1v) is 7.75. The van der Waals surface area contributed by atoms with E-state index in [-0.39, 0.29) is 5.91 Å². The van der Waals surface area contributed by atoms with Gasteiger partial charge in [0.2, 0.25) is 0 Å². The Balaban J connectivity index is 1.73. The van der Waals surface area contributed by atoms with E-state index in [9.17, 15) is 14.7 Å². The van der Waals surface area contributed by atoms with Gasteiger partial charge in [0.25, 0.3) is 5.91 Å². The molecule has 2 aromatic rings. The molecule has 1 N–H and O–H groups in total. The van der Waals surface area contributed by atoms with Gasteiger partial charge in [-0.25, -0.2) is 4.79 Å². The first kappa shape index (κ1) is 15.3. The molecule has 0 bridgehead atoms. The number of likely N-dealkylation sites (tertiary alicyclic amines) is 1. The van der Waals surface area contributed by atoms with E-state index in [0.717, 1.165) is 18.4 Å². The van der Waals surface area contributed by atoms with Gasteiger partial charge in [-0.05, 0) is 43.0 Å². The Morgan fingerprint density at radius 3 is 2.65 bits per heavy atom. The van der Waals surface area contributed by atoms with E-state index < -0.39 is 12.0 Å². The third kappa shape index (κ3) is 3.41. The van der Waals surface area contributed by atoms with Gasteiger partial charge < -0.3 is 10.0 Å². The molecule has 0 aliphatic carbocycles. The van der Waals surface area contributed by atoms with Crippen LogP contribution in [0, 0.1) is 0 Å². The maximum absolute atomic E-state index is 12.6. The largest absolute Gasteiger partial charge is 0.480 e. The van der Waals surface area contributed by atoms with E-state index in [1.54, 1.807) is 18.3 Å². The summed E-state index contributed by atoms with van der Waals surface area (Å²) in [4.78, 5) is 25.4. The molecule has 1 atom stereocenters. The van der Waals surface area contributed by atoms with Crippen molar-refractivity contribution in [3.8, 4) is 0 Å². The molecule has 1 aromatic carbocycles. The Morgan fingerprint density at radius 1 is 1.22 bits per heavy atom. The molecule has 1 unspecified atom stereocenters. The van der Waals surface area contributed by atoms with Crippen LogP contribution in [0.4, 0.5) is 0 Å². The zero-order valence-corrected chi connectivity index (χ0v) is 12.8. The number of amides is 1. The molecule has 1 aliphatic heterocycles. The third-order valence-electron chi connectivity index (χ3n) is 4.15. The number of carboxylic acid groups (broad SMARTS) is 1. The Hall–Kier alpha value is -2.63. The lowest BCUT2D eigenvalue weighted by atomic mass is 10.0. The fourth-order valence-electron chi connectivity index (χ4n) is 2.93. The van der Waals surface area contributed by atoms with E-state index >= 15 is 0 Å². The first-order chi connectivity index (χ1) is 11.1. The van der Waals surface area contributed by atoms with E-state index in [1.165, 1.54) is 4.90 Å². The van der Waals surface area contributed by atoms with Crippen LogP contribution >= 0.6 is 0 Å². The number of carboxylic acids is 1. The fourth-order valence-corrected chi connectivity index (χ4v) is 2.93. The normalized spacial score (nSPS) is 17.9. The van der Waals surface area contributed by atoms with Gasteiger partial charge in [-0.3, -0.25) is 9.48 Å². The van der Waals surface area contributed by atoms with Crippen molar-refractivity contribution < 1.29 is 14.7 Å². The predicted octanol–water partition coefficient (Wildman–Crippen LogP) is 2.01. The number of hydrogen-bond donors (Lipinski definition) is 1. The highest BCUT2D eigenvalue weighted by Gasteiger charge is 2.32. The molecule has 1 fully saturated rings. The third-order valence-corrected chi connectivity index (χ3v) is 4.15. The second kappa shape index (κ2) is 6.64. The smallest absolute Gasteiger partial charge is 0.326 e. The van der Waals surface area contributed by atoms with Crippen LogP contribution in [0.15, 0.2) is 42.7 Å². The lowest BCUT2D eigenvalue weighted by Crippen LogP contribution is -2.47. The Bertz CT molecular complexity index is 680. The van der Waals surface area contributed by atoms with Crippen LogP contribution in [-0.4, -0.2) is 44.3 Å². The molecule has 0 saturated carbocycles. The molecule has 1 aromatic heterocycles. The van der Waals surface area contributed by atoms with Crippen molar-refractivity contribution in [2.24, 2.45) is 0 Å². The van der Waals surface area contributed by atoms with Crippen molar-refractivity contribution in [2.75, 3.05) is 6.54 Å². The van der Waals surface area contributed by atoms with E-state index in [2.05, 4.69) is 5.10 Å². The zero-order valence-electron chi connectivity index (χ0n) is 12.8. The number of nitrogens with zero attached hydrogens (tertiary/aromatic N) is 3. The van der Waals surface area contributed by atoms with Crippen molar-refractivity contribution in [1.29, 1.82) is 0 Å². The fraction of sp³-hybridized carbons (Fsp3) is 0.353. The Labute approximate surface area is 134 Å². The zero-order chi connectivity index (χ0) is 16.2. The highest BCUT2D eigenvalue weighted by molar-refractivity contribution is 5.96. The lowest BCUT2D eigenvalue weighted by molar-refractivity contribution is -0.143. The number of piperidine rings is 1. The van der Waals surface area contributed by atoms with Gasteiger partial charge >= 0.3 is 5.97 Å². The minimum Gasteiger partial charge on any atom is -0.480 e. The number of rotatable bonds is 4. The van der Waals surface area contributed by atoms with E-state index in [1.807, 2.05) is 29.1 Å². The van der Waals surface area contributed by atoms with Crippen molar-refractivity contribution in [3.63, 3.8) is 0 Å². The summed E-state index contributed by atoms with van der Waals surface area (Å²) in [6, 6.07) is 8.44. The molecule has 23 heavy (non-hydrogen) atoms. The molecule has 3 rings (SSSR count). The topological polar surface area (TPSA) is 75.4 Å². The molecule has 0 radical (unpaired) electrons. The van der Waals surface area contributed by atoms with Gasteiger partial charge in [0.15, 0.2) is 0 Å². The average Bonchev–Trinajstić information content (AvgIpc) is 3.08. The maximum atomic E-state index is 12.6. The molecule has 0 spiro atoms. The van der Waals surface area contributed by atoms with Gasteiger partial charge in [-0.2, -0.15) is 5.10 Å². The molecule has 1 amide bonds. The monoisotopic (exact) mass is 313 g/mol. The van der Waals surface area contributed by atoms with Crippen LogP contribution in [0.1, 0.15) is 35.2 Å². The first-order valence-electron chi connectivity index (χ1n) is 7.75. The average molecular weight is 313 g/mol. The van der Waals surface area contributed by atoms with Gasteiger partial charge in [0.05, 0.1) is 6.54 Å². The number of hydrogen-bond acceptors (Lipinski definition) is 3. The predicted molar refractivity (Wildman–Crippen MR) is 84.1 cm³/mol. The standard InChI is InChI=1S/C17H19N3O3/c21-16(20-11-2-1-4-15(20)17(22)23)14-7-5-13(6-8-14)12-19-10-3-9-18-19/h3,5-10,15H,1-2,4,11-12H2,(H,22,23). The minimum atomic E-state index is -0.923. The summed E-state index contributed by atoms with van der Waals surface area (Å²) in [6.07, 6.45) is 5.83. The highest BCUT2D eigenvalue weighted by atomic mass is 16.4. The van der Waals surface area contributed by atoms with Crippen LogP contribution in [-0.2, 0) is 11.3 Å². The summed E-state index contributed by atoms with van der Waals surface area (Å²) >= 11 is 0. The van der Waals surface area contributed by atoms with Crippen LogP contribution < -0.4 is 0 Å². The molecule has 120 valence electrons. The molecular weight excluding hydrogens is 294 g/mol. The summed E-state index contributed by atoms with van der Waals surface area (Å²) in [5.41, 5.74) is 1.57. The Kier molecular flexibility index (Phi) is 4.41. The quantitative estimate of drug-likeness (QED) is 0.937. The second-order valence-electron chi connectivity index (χ2n) is 5.75. The molecule has 2 heterocycles. The van der Waals surface area contributed by atoms with Crippen LogP contribution in [0.2, 0.25) is 0 Å². The van der Waals surface area contributed by atoms with Crippen LogP contribution in [0.25, 0.3) is 0 Å². The molecule has 6 heteroatoms. The van der Waals surface area contributed by atoms with Crippen molar-refractivity contribution in [2.45, 2.75) is 31.8 Å². The van der Waals surface area contributed by atoms with Crippen molar-refractivity contribution >= 4 is 11.9 Å². The van der Waals surface area contributed by atoms with Crippen molar-refractivity contribution in [3.05, 3.63) is 53.9 Å². The van der Waals surface area contributed by atoms with Gasteiger partial charge in [-0.15, -0.1) is 0 Å². The highest BCUT2D eigenvalue weighted by Crippen LogP contribution is 2.20. The molecule has 1 saturated heterocycles. The number of aromatic nitrogens is 2. The summed E-state index contributed by atoms with van der Waals surface area (Å²) in [5, 5.41) is 13.4. The van der Waals surface area contributed by atoms with Gasteiger partial charge in [0, 0.05) is 24.5 Å². The summed E-state index contributed by atoms with van der Waals surface area (Å²) < 4.78 is 1.81. The number of carbonyl (C=O) groups is 2. The molecular formula is C17H19N3O3. The summed E-state index contributed by atoms with van der Waals surface area (Å²) in [7, 11) is 0. The van der Waals surface area contributed by atoms with Crippen LogP contribution in [0.3, 0.4) is 0 Å².